The highest BCUT2D eigenvalue weighted by Crippen LogP contribution is 2.49. The zero-order valence-electron chi connectivity index (χ0n) is 18.3. The average molecular weight is 460 g/mol. The molecule has 0 radical (unpaired) electrons. The second kappa shape index (κ2) is 8.15. The molecule has 0 aliphatic carbocycles. The summed E-state index contributed by atoms with van der Waals surface area (Å²) >= 11 is 0. The monoisotopic (exact) mass is 460 g/mol. The van der Waals surface area contributed by atoms with Crippen LogP contribution >= 0.6 is 0 Å². The minimum atomic E-state index is -0.577. The van der Waals surface area contributed by atoms with E-state index in [0.29, 0.717) is 28.2 Å². The van der Waals surface area contributed by atoms with Gasteiger partial charge in [-0.2, -0.15) is 0 Å². The lowest BCUT2D eigenvalue weighted by molar-refractivity contribution is -0.135. The van der Waals surface area contributed by atoms with Crippen LogP contribution in [0.3, 0.4) is 0 Å². The third-order valence-electron chi connectivity index (χ3n) is 5.96. The molecule has 1 aliphatic heterocycles. The number of hydrogen-bond donors (Lipinski definition) is 2. The van der Waals surface area contributed by atoms with Crippen LogP contribution in [-0.2, 0) is 4.79 Å². The van der Waals surface area contributed by atoms with Crippen molar-refractivity contribution in [1.82, 2.24) is 0 Å². The SMILES string of the molecule is COc1cccc([C@H]2CC(=O)Oc3cc(O)c4c(=O)c(-c5ccc(O)cc5)coc4c32)c1OC. The molecule has 0 fully saturated rings. The Morgan fingerprint density at radius 2 is 1.76 bits per heavy atom. The molecule has 2 N–H and O–H groups in total. The van der Waals surface area contributed by atoms with E-state index >= 15 is 0 Å². The zero-order valence-corrected chi connectivity index (χ0v) is 18.3. The fraction of sp³-hybridized carbons (Fsp3) is 0.154. The zero-order chi connectivity index (χ0) is 24.0. The van der Waals surface area contributed by atoms with Gasteiger partial charge in [0.15, 0.2) is 11.5 Å². The number of ether oxygens (including phenoxy) is 3. The number of esters is 1. The second-order valence-corrected chi connectivity index (χ2v) is 7.85. The quantitative estimate of drug-likeness (QED) is 0.342. The predicted octanol–water partition coefficient (Wildman–Crippen LogP) is 4.33. The molecule has 172 valence electrons. The third-order valence-corrected chi connectivity index (χ3v) is 5.96. The van der Waals surface area contributed by atoms with Gasteiger partial charge in [-0.05, 0) is 23.8 Å². The van der Waals surface area contributed by atoms with E-state index in [1.165, 1.54) is 38.7 Å². The first-order valence-corrected chi connectivity index (χ1v) is 10.4. The van der Waals surface area contributed by atoms with Crippen molar-refractivity contribution in [2.45, 2.75) is 12.3 Å². The molecule has 8 nitrogen and oxygen atoms in total. The Morgan fingerprint density at radius 3 is 2.47 bits per heavy atom. The van der Waals surface area contributed by atoms with Gasteiger partial charge in [-0.15, -0.1) is 0 Å². The number of methoxy groups -OCH3 is 2. The summed E-state index contributed by atoms with van der Waals surface area (Å²) in [5.41, 5.74) is 1.49. The molecule has 0 saturated heterocycles. The van der Waals surface area contributed by atoms with Crippen molar-refractivity contribution in [3.8, 4) is 39.9 Å². The first-order valence-electron chi connectivity index (χ1n) is 10.4. The maximum atomic E-state index is 13.4. The Labute approximate surface area is 193 Å². The van der Waals surface area contributed by atoms with E-state index in [2.05, 4.69) is 0 Å². The molecule has 1 aromatic heterocycles. The van der Waals surface area contributed by atoms with Crippen LogP contribution in [0.4, 0.5) is 0 Å². The van der Waals surface area contributed by atoms with Gasteiger partial charge in [-0.1, -0.05) is 24.3 Å². The maximum absolute atomic E-state index is 13.4. The standard InChI is InChI=1S/C26H20O8/c1-31-19-5-3-4-15(25(19)32-2)16-10-21(29)34-20-11-18(28)23-24(30)17(12-33-26(23)22(16)20)13-6-8-14(27)9-7-13/h3-9,11-12,16,27-28H,10H2,1-2H3/t16-/m1/s1. The van der Waals surface area contributed by atoms with Crippen LogP contribution in [-0.4, -0.2) is 30.4 Å². The fourth-order valence-corrected chi connectivity index (χ4v) is 4.42. The summed E-state index contributed by atoms with van der Waals surface area (Å²) in [6.07, 6.45) is 1.27. The number of phenols is 2. The highest BCUT2D eigenvalue weighted by molar-refractivity contribution is 5.94. The van der Waals surface area contributed by atoms with Gasteiger partial charge in [0, 0.05) is 23.1 Å². The van der Waals surface area contributed by atoms with Gasteiger partial charge >= 0.3 is 5.97 Å². The van der Waals surface area contributed by atoms with Crippen LogP contribution in [0.2, 0.25) is 0 Å². The lowest BCUT2D eigenvalue weighted by Gasteiger charge is -2.27. The molecule has 4 aromatic rings. The summed E-state index contributed by atoms with van der Waals surface area (Å²) in [7, 11) is 3.02. The Bertz CT molecular complexity index is 1480. The van der Waals surface area contributed by atoms with E-state index < -0.39 is 17.3 Å². The lowest BCUT2D eigenvalue weighted by Crippen LogP contribution is -2.22. The van der Waals surface area contributed by atoms with Crippen molar-refractivity contribution in [2.24, 2.45) is 0 Å². The van der Waals surface area contributed by atoms with Gasteiger partial charge in [0.2, 0.25) is 5.43 Å². The number of aromatic hydroxyl groups is 2. The molecule has 2 heterocycles. The predicted molar refractivity (Wildman–Crippen MR) is 123 cm³/mol. The Balaban J connectivity index is 1.79. The molecule has 0 spiro atoms. The number of carbonyl (C=O) groups excluding carboxylic acids is 1. The molecule has 1 aliphatic rings. The van der Waals surface area contributed by atoms with Crippen molar-refractivity contribution in [3.63, 3.8) is 0 Å². The molecule has 0 amide bonds. The molecular formula is C26H20O8. The molecule has 34 heavy (non-hydrogen) atoms. The van der Waals surface area contributed by atoms with E-state index in [-0.39, 0.29) is 40.2 Å². The van der Waals surface area contributed by atoms with E-state index in [1.54, 1.807) is 30.3 Å². The van der Waals surface area contributed by atoms with Gasteiger partial charge in [0.05, 0.1) is 26.2 Å². The number of rotatable bonds is 4. The summed E-state index contributed by atoms with van der Waals surface area (Å²) in [5, 5.41) is 20.2. The van der Waals surface area contributed by atoms with Crippen LogP contribution in [0, 0.1) is 0 Å². The molecule has 0 saturated carbocycles. The van der Waals surface area contributed by atoms with E-state index in [1.807, 2.05) is 0 Å². The summed E-state index contributed by atoms with van der Waals surface area (Å²) in [5.74, 6) is -0.343. The van der Waals surface area contributed by atoms with Gasteiger partial charge in [0.25, 0.3) is 0 Å². The largest absolute Gasteiger partial charge is 0.508 e. The normalized spacial score (nSPS) is 15.0. The van der Waals surface area contributed by atoms with Crippen LogP contribution in [0.15, 0.2) is 64.0 Å². The highest BCUT2D eigenvalue weighted by atomic mass is 16.5. The Kier molecular flexibility index (Phi) is 5.13. The van der Waals surface area contributed by atoms with Gasteiger partial charge in [-0.25, -0.2) is 0 Å². The molecule has 0 unspecified atom stereocenters. The van der Waals surface area contributed by atoms with Gasteiger partial charge < -0.3 is 28.8 Å². The van der Waals surface area contributed by atoms with Crippen LogP contribution in [0.1, 0.15) is 23.5 Å². The first kappa shape index (κ1) is 21.4. The molecule has 0 bridgehead atoms. The number of hydrogen-bond acceptors (Lipinski definition) is 8. The number of phenolic OH excluding ortho intramolecular Hbond substituents is 2. The molecule has 5 rings (SSSR count). The Morgan fingerprint density at radius 1 is 1.00 bits per heavy atom. The number of benzene rings is 3. The van der Waals surface area contributed by atoms with Gasteiger partial charge in [-0.3, -0.25) is 9.59 Å². The van der Waals surface area contributed by atoms with Crippen LogP contribution in [0.25, 0.3) is 22.1 Å². The lowest BCUT2D eigenvalue weighted by atomic mass is 9.84. The highest BCUT2D eigenvalue weighted by Gasteiger charge is 2.35. The minimum Gasteiger partial charge on any atom is -0.508 e. The van der Waals surface area contributed by atoms with Crippen LogP contribution in [0.5, 0.6) is 28.7 Å². The smallest absolute Gasteiger partial charge is 0.312 e. The van der Waals surface area contributed by atoms with Crippen LogP contribution < -0.4 is 19.6 Å². The molecule has 1 atom stereocenters. The van der Waals surface area contributed by atoms with E-state index in [0.717, 1.165) is 0 Å². The summed E-state index contributed by atoms with van der Waals surface area (Å²) in [6.45, 7) is 0. The maximum Gasteiger partial charge on any atom is 0.312 e. The number of carbonyl (C=O) groups is 1. The van der Waals surface area contributed by atoms with Gasteiger partial charge in [0.1, 0.15) is 34.5 Å². The van der Waals surface area contributed by atoms with Crippen molar-refractivity contribution in [3.05, 3.63) is 76.1 Å². The van der Waals surface area contributed by atoms with Crippen molar-refractivity contribution >= 4 is 16.9 Å². The fourth-order valence-electron chi connectivity index (χ4n) is 4.42. The summed E-state index contributed by atoms with van der Waals surface area (Å²) in [6, 6.07) is 12.6. The first-order chi connectivity index (χ1) is 16.4. The molecule has 3 aromatic carbocycles. The molecule has 8 heteroatoms. The van der Waals surface area contributed by atoms with Crippen molar-refractivity contribution in [1.29, 1.82) is 0 Å². The molecular weight excluding hydrogens is 440 g/mol. The Hall–Kier alpha value is -4.46. The topological polar surface area (TPSA) is 115 Å². The number of fused-ring (bicyclic) bond motifs is 3. The second-order valence-electron chi connectivity index (χ2n) is 7.85. The van der Waals surface area contributed by atoms with Crippen molar-refractivity contribution < 1.29 is 33.6 Å². The van der Waals surface area contributed by atoms with Crippen molar-refractivity contribution in [2.75, 3.05) is 14.2 Å². The van der Waals surface area contributed by atoms with E-state index in [9.17, 15) is 19.8 Å². The minimum absolute atomic E-state index is 0.0279. The third kappa shape index (κ3) is 3.31. The summed E-state index contributed by atoms with van der Waals surface area (Å²) in [4.78, 5) is 25.9. The average Bonchev–Trinajstić information content (AvgIpc) is 2.83. The summed E-state index contributed by atoms with van der Waals surface area (Å²) < 4.78 is 22.3. The number of para-hydroxylation sites is 1. The van der Waals surface area contributed by atoms with E-state index in [4.69, 9.17) is 18.6 Å².